The van der Waals surface area contributed by atoms with Gasteiger partial charge in [-0.15, -0.1) is 0 Å². The van der Waals surface area contributed by atoms with Crippen LogP contribution in [0.3, 0.4) is 0 Å². The molecule has 126 valence electrons. The molecule has 1 aromatic rings. The fourth-order valence-electron chi connectivity index (χ4n) is 2.52. The monoisotopic (exact) mass is 328 g/mol. The van der Waals surface area contributed by atoms with E-state index in [-0.39, 0.29) is 13.2 Å². The van der Waals surface area contributed by atoms with E-state index >= 15 is 0 Å². The number of rotatable bonds is 8. The van der Waals surface area contributed by atoms with Crippen LogP contribution in [0.2, 0.25) is 0 Å². The van der Waals surface area contributed by atoms with Crippen molar-refractivity contribution in [2.24, 2.45) is 0 Å². The minimum absolute atomic E-state index is 0.275. The van der Waals surface area contributed by atoms with Crippen molar-refractivity contribution < 1.29 is 18.1 Å². The van der Waals surface area contributed by atoms with Gasteiger partial charge in [0.1, 0.15) is 5.75 Å². The summed E-state index contributed by atoms with van der Waals surface area (Å²) in [5, 5.41) is 0. The van der Waals surface area contributed by atoms with E-state index in [9.17, 15) is 4.57 Å². The largest absolute Gasteiger partial charge is 0.530 e. The Labute approximate surface area is 134 Å². The van der Waals surface area contributed by atoms with Crippen LogP contribution in [0.25, 0.3) is 0 Å². The summed E-state index contributed by atoms with van der Waals surface area (Å²) in [7, 11) is -3.56. The highest BCUT2D eigenvalue weighted by molar-refractivity contribution is 7.48. The van der Waals surface area contributed by atoms with Crippen molar-refractivity contribution in [3.63, 3.8) is 0 Å². The smallest absolute Gasteiger partial charge is 0.404 e. The van der Waals surface area contributed by atoms with Crippen molar-refractivity contribution >= 4 is 7.82 Å². The molecule has 0 unspecified atom stereocenters. The molecule has 0 radical (unpaired) electrons. The van der Waals surface area contributed by atoms with Crippen molar-refractivity contribution in [1.29, 1.82) is 0 Å². The number of phosphoric acid groups is 1. The van der Waals surface area contributed by atoms with Crippen LogP contribution >= 0.6 is 7.82 Å². The molecule has 0 fully saturated rings. The van der Waals surface area contributed by atoms with Crippen LogP contribution in [0, 0.1) is 6.92 Å². The first-order valence-corrected chi connectivity index (χ1v) is 9.43. The molecule has 0 saturated heterocycles. The summed E-state index contributed by atoms with van der Waals surface area (Å²) in [6.45, 7) is 14.8. The molecule has 4 nitrogen and oxygen atoms in total. The average molecular weight is 328 g/mol. The van der Waals surface area contributed by atoms with E-state index in [1.165, 1.54) is 16.7 Å². The van der Waals surface area contributed by atoms with Crippen LogP contribution in [0.5, 0.6) is 5.75 Å². The molecule has 0 atom stereocenters. The fraction of sp³-hybridized carbons (Fsp3) is 0.647. The zero-order valence-electron chi connectivity index (χ0n) is 14.8. The van der Waals surface area contributed by atoms with Gasteiger partial charge in [0.05, 0.1) is 13.2 Å². The molecule has 22 heavy (non-hydrogen) atoms. The van der Waals surface area contributed by atoms with E-state index in [1.54, 1.807) is 13.8 Å². The second kappa shape index (κ2) is 8.14. The number of hydrogen-bond donors (Lipinski definition) is 0. The van der Waals surface area contributed by atoms with Gasteiger partial charge in [-0.25, -0.2) is 4.57 Å². The quantitative estimate of drug-likeness (QED) is 0.566. The molecule has 0 spiro atoms. The molecule has 0 aromatic heterocycles. The zero-order chi connectivity index (χ0) is 16.9. The zero-order valence-corrected chi connectivity index (χ0v) is 15.7. The Morgan fingerprint density at radius 1 is 0.955 bits per heavy atom. The summed E-state index contributed by atoms with van der Waals surface area (Å²) in [6, 6.07) is 3.88. The van der Waals surface area contributed by atoms with E-state index in [0.717, 1.165) is 0 Å². The van der Waals surface area contributed by atoms with Crippen LogP contribution < -0.4 is 4.52 Å². The molecule has 0 amide bonds. The third kappa shape index (κ3) is 4.84. The molecule has 0 aliphatic heterocycles. The predicted octanol–water partition coefficient (Wildman–Crippen LogP) is 5.80. The minimum Gasteiger partial charge on any atom is -0.404 e. The third-order valence-corrected chi connectivity index (χ3v) is 5.08. The standard InChI is InChI=1S/C17H29O4P/c1-8-19-22(18,20-9-2)21-15-10-16(12(3)4)14(7)17(11-15)13(5)6/h10-13H,8-9H2,1-7H3. The summed E-state index contributed by atoms with van der Waals surface area (Å²) in [4.78, 5) is 0. The van der Waals surface area contributed by atoms with Gasteiger partial charge in [0.2, 0.25) is 0 Å². The number of hydrogen-bond acceptors (Lipinski definition) is 4. The lowest BCUT2D eigenvalue weighted by Gasteiger charge is -2.22. The summed E-state index contributed by atoms with van der Waals surface area (Å²) < 4.78 is 28.6. The van der Waals surface area contributed by atoms with Crippen LogP contribution in [0.4, 0.5) is 0 Å². The highest BCUT2D eigenvalue weighted by Crippen LogP contribution is 2.50. The molecule has 5 heteroatoms. The summed E-state index contributed by atoms with van der Waals surface area (Å²) in [5.74, 6) is 1.27. The first kappa shape index (κ1) is 19.2. The maximum atomic E-state index is 12.6. The van der Waals surface area contributed by atoms with Crippen LogP contribution in [0.1, 0.15) is 70.1 Å². The summed E-state index contributed by atoms with van der Waals surface area (Å²) >= 11 is 0. The van der Waals surface area contributed by atoms with E-state index in [2.05, 4.69) is 34.6 Å². The molecule has 0 heterocycles. The normalized spacial score (nSPS) is 12.2. The van der Waals surface area contributed by atoms with E-state index < -0.39 is 7.82 Å². The molecule has 0 aliphatic rings. The predicted molar refractivity (Wildman–Crippen MR) is 90.8 cm³/mol. The molecule has 0 bridgehead atoms. The van der Waals surface area contributed by atoms with Crippen LogP contribution in [-0.4, -0.2) is 13.2 Å². The topological polar surface area (TPSA) is 44.8 Å². The fourth-order valence-corrected chi connectivity index (χ4v) is 3.69. The van der Waals surface area contributed by atoms with Crippen LogP contribution in [0.15, 0.2) is 12.1 Å². The van der Waals surface area contributed by atoms with Gasteiger partial charge in [-0.3, -0.25) is 9.05 Å². The molecular weight excluding hydrogens is 299 g/mol. The Kier molecular flexibility index (Phi) is 7.11. The van der Waals surface area contributed by atoms with Crippen molar-refractivity contribution in [3.05, 3.63) is 28.8 Å². The first-order valence-electron chi connectivity index (χ1n) is 7.97. The van der Waals surface area contributed by atoms with Gasteiger partial charge in [-0.05, 0) is 61.4 Å². The van der Waals surface area contributed by atoms with Gasteiger partial charge in [0.15, 0.2) is 0 Å². The second-order valence-corrected chi connectivity index (χ2v) is 7.50. The SMILES string of the molecule is CCOP(=O)(OCC)Oc1cc(C(C)C)c(C)c(C(C)C)c1. The van der Waals surface area contributed by atoms with E-state index in [1.807, 2.05) is 12.1 Å². The Morgan fingerprint density at radius 3 is 1.68 bits per heavy atom. The molecular formula is C17H29O4P. The van der Waals surface area contributed by atoms with Crippen molar-refractivity contribution in [1.82, 2.24) is 0 Å². The Balaban J connectivity index is 3.26. The maximum absolute atomic E-state index is 12.6. The van der Waals surface area contributed by atoms with Crippen molar-refractivity contribution in [3.8, 4) is 5.75 Å². The molecule has 0 aliphatic carbocycles. The third-order valence-electron chi connectivity index (χ3n) is 3.50. The van der Waals surface area contributed by atoms with Gasteiger partial charge in [0, 0.05) is 0 Å². The summed E-state index contributed by atoms with van der Waals surface area (Å²) in [6.07, 6.45) is 0. The van der Waals surface area contributed by atoms with Gasteiger partial charge < -0.3 is 4.52 Å². The molecule has 0 saturated carbocycles. The lowest BCUT2D eigenvalue weighted by molar-refractivity contribution is 0.167. The minimum atomic E-state index is -3.56. The average Bonchev–Trinajstić information content (AvgIpc) is 2.40. The Bertz CT molecular complexity index is 498. The number of benzene rings is 1. The van der Waals surface area contributed by atoms with E-state index in [0.29, 0.717) is 17.6 Å². The Morgan fingerprint density at radius 2 is 1.36 bits per heavy atom. The number of phosphoric ester groups is 1. The van der Waals surface area contributed by atoms with Gasteiger partial charge >= 0.3 is 7.82 Å². The van der Waals surface area contributed by atoms with Crippen molar-refractivity contribution in [2.45, 2.75) is 60.3 Å². The Hall–Kier alpha value is -0.830. The van der Waals surface area contributed by atoms with Gasteiger partial charge in [-0.1, -0.05) is 27.7 Å². The molecule has 1 rings (SSSR count). The molecule has 1 aromatic carbocycles. The molecule has 0 N–H and O–H groups in total. The lowest BCUT2D eigenvalue weighted by atomic mass is 9.89. The second-order valence-electron chi connectivity index (χ2n) is 5.91. The highest BCUT2D eigenvalue weighted by atomic mass is 31.2. The van der Waals surface area contributed by atoms with Gasteiger partial charge in [0.25, 0.3) is 0 Å². The van der Waals surface area contributed by atoms with E-state index in [4.69, 9.17) is 13.6 Å². The highest BCUT2D eigenvalue weighted by Gasteiger charge is 2.28. The summed E-state index contributed by atoms with van der Waals surface area (Å²) in [5.41, 5.74) is 3.65. The maximum Gasteiger partial charge on any atom is 0.530 e. The van der Waals surface area contributed by atoms with Crippen molar-refractivity contribution in [2.75, 3.05) is 13.2 Å². The first-order chi connectivity index (χ1) is 10.2. The van der Waals surface area contributed by atoms with Gasteiger partial charge in [-0.2, -0.15) is 0 Å². The lowest BCUT2D eigenvalue weighted by Crippen LogP contribution is -2.05. The van der Waals surface area contributed by atoms with Crippen LogP contribution in [-0.2, 0) is 13.6 Å².